The third-order valence-electron chi connectivity index (χ3n) is 4.02. The van der Waals surface area contributed by atoms with Crippen LogP contribution in [-0.4, -0.2) is 52.1 Å². The number of hydrogen-bond donors (Lipinski definition) is 2. The van der Waals surface area contributed by atoms with Crippen molar-refractivity contribution < 1.29 is 8.42 Å². The van der Waals surface area contributed by atoms with Gasteiger partial charge in [0, 0.05) is 45.6 Å². The van der Waals surface area contributed by atoms with Gasteiger partial charge in [0.15, 0.2) is 5.11 Å². The topological polar surface area (TPSA) is 64.7 Å². The van der Waals surface area contributed by atoms with Crippen LogP contribution in [-0.2, 0) is 10.0 Å². The van der Waals surface area contributed by atoms with E-state index in [0.29, 0.717) is 10.8 Å². The van der Waals surface area contributed by atoms with E-state index in [1.54, 1.807) is 24.3 Å². The van der Waals surface area contributed by atoms with Crippen molar-refractivity contribution in [3.63, 3.8) is 0 Å². The fourth-order valence-electron chi connectivity index (χ4n) is 2.45. The first-order valence-electron chi connectivity index (χ1n) is 8.64. The Balaban J connectivity index is 1.81. The predicted molar refractivity (Wildman–Crippen MR) is 116 cm³/mol. The number of rotatable bonds is 8. The molecule has 0 unspecified atom stereocenters. The Kier molecular flexibility index (Phi) is 7.58. The summed E-state index contributed by atoms with van der Waals surface area (Å²) in [5.41, 5.74) is 1.81. The number of thiocarbonyl (C=S) groups is 1. The molecule has 2 aromatic carbocycles. The summed E-state index contributed by atoms with van der Waals surface area (Å²) in [5.74, 6) is 0. The number of anilines is 2. The van der Waals surface area contributed by atoms with Gasteiger partial charge in [-0.1, -0.05) is 24.3 Å². The summed E-state index contributed by atoms with van der Waals surface area (Å²) in [6.07, 6.45) is 0.919. The highest BCUT2D eigenvalue weighted by molar-refractivity contribution is 7.89. The lowest BCUT2D eigenvalue weighted by molar-refractivity contribution is 0.521. The zero-order chi connectivity index (χ0) is 19.9. The number of sulfonamides is 1. The number of nitrogens with zero attached hydrogens (tertiary/aromatic N) is 2. The van der Waals surface area contributed by atoms with E-state index in [1.807, 2.05) is 18.2 Å². The average Bonchev–Trinajstić information content (AvgIpc) is 2.66. The summed E-state index contributed by atoms with van der Waals surface area (Å²) in [4.78, 5) is 2.41. The van der Waals surface area contributed by atoms with Crippen LogP contribution < -0.4 is 15.5 Å². The zero-order valence-corrected chi connectivity index (χ0v) is 17.5. The van der Waals surface area contributed by atoms with Gasteiger partial charge in [0.25, 0.3) is 0 Å². The summed E-state index contributed by atoms with van der Waals surface area (Å²) < 4.78 is 25.6. The number of hydrogen-bond acceptors (Lipinski definition) is 4. The fourth-order valence-corrected chi connectivity index (χ4v) is 3.62. The molecule has 0 aromatic heterocycles. The average molecular weight is 407 g/mol. The van der Waals surface area contributed by atoms with Crippen LogP contribution in [0.2, 0.25) is 0 Å². The summed E-state index contributed by atoms with van der Waals surface area (Å²) in [6.45, 7) is 1.62. The maximum Gasteiger partial charge on any atom is 0.242 e. The molecule has 0 fully saturated rings. The van der Waals surface area contributed by atoms with Crippen LogP contribution in [0.1, 0.15) is 6.42 Å². The van der Waals surface area contributed by atoms with E-state index in [0.717, 1.165) is 19.5 Å². The smallest absolute Gasteiger partial charge is 0.242 e. The molecule has 2 aromatic rings. The van der Waals surface area contributed by atoms with E-state index in [4.69, 9.17) is 12.2 Å². The summed E-state index contributed by atoms with van der Waals surface area (Å²) >= 11 is 5.30. The van der Waals surface area contributed by atoms with Crippen LogP contribution in [0.15, 0.2) is 59.5 Å². The van der Waals surface area contributed by atoms with Crippen LogP contribution in [0.4, 0.5) is 11.4 Å². The Bertz CT molecular complexity index is 855. The molecule has 0 aliphatic heterocycles. The van der Waals surface area contributed by atoms with E-state index in [-0.39, 0.29) is 4.90 Å². The molecular formula is C19H26N4O2S2. The minimum absolute atomic E-state index is 0.227. The van der Waals surface area contributed by atoms with E-state index in [1.165, 1.54) is 24.1 Å². The standard InChI is InChI=1S/C19H26N4O2S2/c1-22(2)27(24,25)18-12-7-9-16(15-18)21-19(26)20-13-8-14-23(3)17-10-5-4-6-11-17/h4-7,9-12,15H,8,13-14H2,1-3H3,(H2,20,21,26). The summed E-state index contributed by atoms with van der Waals surface area (Å²) in [5, 5.41) is 6.66. The molecule has 0 radical (unpaired) electrons. The minimum atomic E-state index is -3.47. The molecular weight excluding hydrogens is 380 g/mol. The van der Waals surface area contributed by atoms with Crippen LogP contribution in [0.5, 0.6) is 0 Å². The molecule has 2 rings (SSSR count). The Hall–Kier alpha value is -2.16. The molecule has 0 saturated carbocycles. The van der Waals surface area contributed by atoms with Crippen molar-refractivity contribution in [2.75, 3.05) is 44.4 Å². The molecule has 0 atom stereocenters. The van der Waals surface area contributed by atoms with Gasteiger partial charge in [-0.15, -0.1) is 0 Å². The molecule has 6 nitrogen and oxygen atoms in total. The second kappa shape index (κ2) is 9.68. The molecule has 0 bridgehead atoms. The first-order chi connectivity index (χ1) is 12.8. The van der Waals surface area contributed by atoms with Crippen LogP contribution in [0, 0.1) is 0 Å². The normalized spacial score (nSPS) is 11.3. The lowest BCUT2D eigenvalue weighted by atomic mass is 10.3. The molecule has 0 aliphatic rings. The predicted octanol–water partition coefficient (Wildman–Crippen LogP) is 2.75. The Labute approximate surface area is 167 Å². The lowest BCUT2D eigenvalue weighted by Crippen LogP contribution is -2.31. The largest absolute Gasteiger partial charge is 0.375 e. The molecule has 0 spiro atoms. The highest BCUT2D eigenvalue weighted by Crippen LogP contribution is 2.18. The number of para-hydroxylation sites is 1. The van der Waals surface area contributed by atoms with Crippen molar-refractivity contribution in [3.05, 3.63) is 54.6 Å². The highest BCUT2D eigenvalue weighted by atomic mass is 32.2. The molecule has 0 saturated heterocycles. The minimum Gasteiger partial charge on any atom is -0.375 e. The van der Waals surface area contributed by atoms with Gasteiger partial charge in [-0.3, -0.25) is 0 Å². The monoisotopic (exact) mass is 406 g/mol. The van der Waals surface area contributed by atoms with Gasteiger partial charge in [0.2, 0.25) is 10.0 Å². The van der Waals surface area contributed by atoms with E-state index in [2.05, 4.69) is 34.7 Å². The lowest BCUT2D eigenvalue weighted by Gasteiger charge is -2.19. The van der Waals surface area contributed by atoms with Crippen molar-refractivity contribution in [1.82, 2.24) is 9.62 Å². The van der Waals surface area contributed by atoms with E-state index >= 15 is 0 Å². The fraction of sp³-hybridized carbons (Fsp3) is 0.316. The molecule has 0 amide bonds. The molecule has 27 heavy (non-hydrogen) atoms. The van der Waals surface area contributed by atoms with Gasteiger partial charge < -0.3 is 15.5 Å². The number of nitrogens with one attached hydrogen (secondary N) is 2. The molecule has 146 valence electrons. The van der Waals surface area contributed by atoms with Gasteiger partial charge in [-0.25, -0.2) is 12.7 Å². The summed E-state index contributed by atoms with van der Waals surface area (Å²) in [7, 11) is 1.61. The number of benzene rings is 2. The van der Waals surface area contributed by atoms with Crippen LogP contribution in [0.25, 0.3) is 0 Å². The summed E-state index contributed by atoms with van der Waals surface area (Å²) in [6, 6.07) is 16.8. The zero-order valence-electron chi connectivity index (χ0n) is 15.8. The SMILES string of the molecule is CN(CCCNC(=S)Nc1cccc(S(=O)(=O)N(C)C)c1)c1ccccc1. The van der Waals surface area contributed by atoms with Crippen LogP contribution in [0.3, 0.4) is 0 Å². The Morgan fingerprint density at radius 1 is 1.04 bits per heavy atom. The third-order valence-corrected chi connectivity index (χ3v) is 6.08. The van der Waals surface area contributed by atoms with Crippen molar-refractivity contribution in [2.24, 2.45) is 0 Å². The van der Waals surface area contributed by atoms with Gasteiger partial charge in [0.05, 0.1) is 4.90 Å². The van der Waals surface area contributed by atoms with E-state index < -0.39 is 10.0 Å². The molecule has 0 aliphatic carbocycles. The second-order valence-electron chi connectivity index (χ2n) is 6.31. The maximum atomic E-state index is 12.2. The van der Waals surface area contributed by atoms with Crippen LogP contribution >= 0.6 is 12.2 Å². The van der Waals surface area contributed by atoms with Gasteiger partial charge in [0.1, 0.15) is 0 Å². The molecule has 8 heteroatoms. The van der Waals surface area contributed by atoms with Crippen molar-refractivity contribution in [1.29, 1.82) is 0 Å². The van der Waals surface area contributed by atoms with Crippen molar-refractivity contribution in [2.45, 2.75) is 11.3 Å². The van der Waals surface area contributed by atoms with Gasteiger partial charge in [-0.2, -0.15) is 0 Å². The van der Waals surface area contributed by atoms with E-state index in [9.17, 15) is 8.42 Å². The van der Waals surface area contributed by atoms with Gasteiger partial charge in [-0.05, 0) is 49.0 Å². The highest BCUT2D eigenvalue weighted by Gasteiger charge is 2.17. The Morgan fingerprint density at radius 2 is 1.74 bits per heavy atom. The van der Waals surface area contributed by atoms with Gasteiger partial charge >= 0.3 is 0 Å². The quantitative estimate of drug-likeness (QED) is 0.519. The first kappa shape index (κ1) is 21.1. The molecule has 0 heterocycles. The molecule has 2 N–H and O–H groups in total. The maximum absolute atomic E-state index is 12.2. The second-order valence-corrected chi connectivity index (χ2v) is 8.87. The van der Waals surface area contributed by atoms with Crippen molar-refractivity contribution in [3.8, 4) is 0 Å². The first-order valence-corrected chi connectivity index (χ1v) is 10.5. The third kappa shape index (κ3) is 6.20. The Morgan fingerprint density at radius 3 is 2.41 bits per heavy atom. The van der Waals surface area contributed by atoms with Crippen molar-refractivity contribution >= 4 is 38.7 Å².